The van der Waals surface area contributed by atoms with E-state index < -0.39 is 11.9 Å². The molecule has 0 aliphatic heterocycles. The predicted octanol–water partition coefficient (Wildman–Crippen LogP) is 4.68. The van der Waals surface area contributed by atoms with Gasteiger partial charge in [-0.1, -0.05) is 78.1 Å². The van der Waals surface area contributed by atoms with Crippen molar-refractivity contribution in [1.29, 1.82) is 0 Å². The van der Waals surface area contributed by atoms with E-state index in [1.807, 2.05) is 0 Å². The molecule has 25 heavy (non-hydrogen) atoms. The number of hydrogen-bond acceptors (Lipinski definition) is 3. The number of aliphatic imine (C=N–C) groups is 1. The summed E-state index contributed by atoms with van der Waals surface area (Å²) in [5.74, 6) is -1.55. The number of nitrogens with zero attached hydrogens (tertiary/aromatic N) is 1. The van der Waals surface area contributed by atoms with Crippen LogP contribution in [-0.4, -0.2) is 64.5 Å². The van der Waals surface area contributed by atoms with Crippen molar-refractivity contribution in [3.63, 3.8) is 0 Å². The number of carboxylic acid groups (broad SMARTS) is 2. The summed E-state index contributed by atoms with van der Waals surface area (Å²) in [7, 11) is 0. The van der Waals surface area contributed by atoms with E-state index in [-0.39, 0.29) is 42.4 Å². The van der Waals surface area contributed by atoms with Crippen LogP contribution in [0, 0.1) is 0 Å². The number of unbranched alkanes of at least 4 members (excludes halogenated alkanes) is 10. The molecule has 0 aliphatic carbocycles. The van der Waals surface area contributed by atoms with E-state index in [1.54, 1.807) is 6.92 Å². The van der Waals surface area contributed by atoms with Gasteiger partial charge in [-0.2, -0.15) is 0 Å². The zero-order valence-electron chi connectivity index (χ0n) is 15.6. The van der Waals surface area contributed by atoms with Crippen LogP contribution in [-0.2, 0) is 9.59 Å². The zero-order valence-corrected chi connectivity index (χ0v) is 15.6. The first-order valence-electron chi connectivity index (χ1n) is 9.46. The molecule has 0 amide bonds. The van der Waals surface area contributed by atoms with Crippen molar-refractivity contribution in [2.45, 2.75) is 97.3 Å². The fraction of sp³-hybridized carbons (Fsp3) is 0.842. The summed E-state index contributed by atoms with van der Waals surface area (Å²) in [6, 6.07) is 0. The molecule has 2 N–H and O–H groups in total. The average Bonchev–Trinajstić information content (AvgIpc) is 2.55. The number of carbonyl (C=O) groups is 2. The molecule has 144 valence electrons. The van der Waals surface area contributed by atoms with Crippen molar-refractivity contribution >= 4 is 47.7 Å². The second-order valence-electron chi connectivity index (χ2n) is 5.97. The first-order valence-corrected chi connectivity index (χ1v) is 9.46. The summed E-state index contributed by atoms with van der Waals surface area (Å²) >= 11 is 0. The minimum absolute atomic E-state index is 0. The minimum atomic E-state index is -0.803. The van der Waals surface area contributed by atoms with E-state index in [2.05, 4.69) is 11.9 Å². The first-order chi connectivity index (χ1) is 11.5. The molecule has 0 atom stereocenters. The monoisotopic (exact) mass is 367 g/mol. The van der Waals surface area contributed by atoms with Crippen LogP contribution in [0.1, 0.15) is 97.3 Å². The summed E-state index contributed by atoms with van der Waals surface area (Å²) in [5, 5.41) is 16.1. The molecule has 0 aliphatic rings. The molecule has 0 aromatic heterocycles. The predicted molar refractivity (Wildman–Crippen MR) is 107 cm³/mol. The Hall–Kier alpha value is -0.390. The first kappa shape index (κ1) is 29.4. The molecule has 0 aromatic rings. The maximum atomic E-state index is 10.2. The van der Waals surface area contributed by atoms with Gasteiger partial charge in [-0.3, -0.25) is 14.6 Å². The third kappa shape index (κ3) is 35.6. The van der Waals surface area contributed by atoms with E-state index in [1.165, 1.54) is 70.4 Å². The van der Waals surface area contributed by atoms with Gasteiger partial charge in [-0.15, -0.1) is 0 Å². The van der Waals surface area contributed by atoms with Crippen LogP contribution in [0.5, 0.6) is 0 Å². The third-order valence-corrected chi connectivity index (χ3v) is 3.59. The Morgan fingerprint density at radius 3 is 1.52 bits per heavy atom. The molecule has 0 unspecified atom stereocenters. The van der Waals surface area contributed by atoms with Crippen LogP contribution in [0.2, 0.25) is 0 Å². The summed E-state index contributed by atoms with van der Waals surface area (Å²) in [4.78, 5) is 23.7. The van der Waals surface area contributed by atoms with Gasteiger partial charge < -0.3 is 10.2 Å². The van der Waals surface area contributed by atoms with Gasteiger partial charge in [-0.05, 0) is 6.42 Å². The molecule has 0 radical (unpaired) electrons. The van der Waals surface area contributed by atoms with Crippen LogP contribution in [0.4, 0.5) is 0 Å². The number of carboxylic acids is 2. The van der Waals surface area contributed by atoms with Gasteiger partial charge in [0.2, 0.25) is 0 Å². The summed E-state index contributed by atoms with van der Waals surface area (Å²) < 4.78 is 0. The van der Waals surface area contributed by atoms with Gasteiger partial charge in [0.15, 0.2) is 0 Å². The molecule has 0 saturated carbocycles. The Balaban J connectivity index is -0.000000704. The van der Waals surface area contributed by atoms with E-state index in [0.717, 1.165) is 13.0 Å². The Kier molecular flexibility index (Phi) is 30.4. The van der Waals surface area contributed by atoms with Crippen LogP contribution in [0.3, 0.4) is 0 Å². The second kappa shape index (κ2) is 25.8. The van der Waals surface area contributed by atoms with E-state index in [4.69, 9.17) is 10.2 Å². The van der Waals surface area contributed by atoms with Crippen molar-refractivity contribution < 1.29 is 19.8 Å². The summed E-state index contributed by atoms with van der Waals surface area (Å²) in [5.41, 5.74) is 0. The van der Waals surface area contributed by atoms with Gasteiger partial charge in [0, 0.05) is 19.2 Å². The van der Waals surface area contributed by atoms with Crippen molar-refractivity contribution in [2.24, 2.45) is 4.99 Å². The Labute approximate surface area is 176 Å². The standard InChI is InChI=1S/C16H31NO2.C3H6O2.Na.H/c1-2-3-4-5-6-7-8-9-10-11-12-14-17-15-13-16(18)19;1-2-3(4)5;;/h15H,2-14H2,1H3,(H,18,19);2H2,1H3,(H,4,5);;. The Morgan fingerprint density at radius 1 is 0.760 bits per heavy atom. The number of aliphatic carboxylic acids is 2. The van der Waals surface area contributed by atoms with Crippen LogP contribution >= 0.6 is 0 Å². The molecule has 6 heteroatoms. The molecule has 0 saturated heterocycles. The van der Waals surface area contributed by atoms with Gasteiger partial charge in [0.05, 0.1) is 6.42 Å². The Bertz CT molecular complexity index is 323. The van der Waals surface area contributed by atoms with Crippen LogP contribution < -0.4 is 0 Å². The van der Waals surface area contributed by atoms with Gasteiger partial charge in [-0.25, -0.2) is 0 Å². The third-order valence-electron chi connectivity index (χ3n) is 3.59. The molecule has 0 bridgehead atoms. The van der Waals surface area contributed by atoms with Gasteiger partial charge in [0.25, 0.3) is 0 Å². The topological polar surface area (TPSA) is 87.0 Å². The van der Waals surface area contributed by atoms with Crippen LogP contribution in [0.25, 0.3) is 0 Å². The molecular formula is C19H38NNaO4. The molecule has 0 aromatic carbocycles. The normalized spacial score (nSPS) is 10.0. The zero-order chi connectivity index (χ0) is 18.5. The van der Waals surface area contributed by atoms with Crippen molar-refractivity contribution in [1.82, 2.24) is 0 Å². The quantitative estimate of drug-likeness (QED) is 0.250. The fourth-order valence-electron chi connectivity index (χ4n) is 2.10. The summed E-state index contributed by atoms with van der Waals surface area (Å²) in [6.45, 7) is 4.64. The van der Waals surface area contributed by atoms with Gasteiger partial charge >= 0.3 is 41.5 Å². The van der Waals surface area contributed by atoms with Crippen molar-refractivity contribution in [2.75, 3.05) is 6.54 Å². The molecule has 0 fully saturated rings. The average molecular weight is 368 g/mol. The summed E-state index contributed by atoms with van der Waals surface area (Å²) in [6.07, 6.45) is 16.4. The van der Waals surface area contributed by atoms with Gasteiger partial charge in [0.1, 0.15) is 0 Å². The molecule has 5 nitrogen and oxygen atoms in total. The number of rotatable bonds is 15. The van der Waals surface area contributed by atoms with E-state index >= 15 is 0 Å². The maximum absolute atomic E-state index is 10.2. The van der Waals surface area contributed by atoms with Crippen molar-refractivity contribution in [3.05, 3.63) is 0 Å². The Morgan fingerprint density at radius 2 is 1.16 bits per heavy atom. The molecule has 0 spiro atoms. The SMILES string of the molecule is CCC(=O)O.CCCCCCCCCCCCCN=CCC(=O)O.[NaH]. The second-order valence-corrected chi connectivity index (χ2v) is 5.97. The van der Waals surface area contributed by atoms with E-state index in [9.17, 15) is 9.59 Å². The van der Waals surface area contributed by atoms with E-state index in [0.29, 0.717) is 0 Å². The van der Waals surface area contributed by atoms with Crippen LogP contribution in [0.15, 0.2) is 4.99 Å². The number of hydrogen-bond donors (Lipinski definition) is 2. The molecular weight excluding hydrogens is 329 g/mol. The molecule has 0 rings (SSSR count). The fourth-order valence-corrected chi connectivity index (χ4v) is 2.10. The van der Waals surface area contributed by atoms with Crippen molar-refractivity contribution in [3.8, 4) is 0 Å². The molecule has 0 heterocycles.